The van der Waals surface area contributed by atoms with Crippen LogP contribution in [-0.4, -0.2) is 4.98 Å². The van der Waals surface area contributed by atoms with Crippen molar-refractivity contribution in [1.29, 1.82) is 0 Å². The number of pyridine rings is 1. The quantitative estimate of drug-likeness (QED) is 0.549. The van der Waals surface area contributed by atoms with Crippen LogP contribution in [0.4, 0.5) is 0 Å². The van der Waals surface area contributed by atoms with Crippen molar-refractivity contribution in [1.82, 2.24) is 4.98 Å². The predicted molar refractivity (Wildman–Crippen MR) is 87.9 cm³/mol. The molecule has 100 valence electrons. The van der Waals surface area contributed by atoms with Gasteiger partial charge in [0.15, 0.2) is 0 Å². The van der Waals surface area contributed by atoms with E-state index < -0.39 is 0 Å². The second-order valence-electron chi connectivity index (χ2n) is 4.38. The molecule has 2 nitrogen and oxygen atoms in total. The summed E-state index contributed by atoms with van der Waals surface area (Å²) in [4.78, 5) is 4.27. The third-order valence-electron chi connectivity index (χ3n) is 2.57. The highest BCUT2D eigenvalue weighted by Gasteiger charge is 2.12. The lowest BCUT2D eigenvalue weighted by Gasteiger charge is -2.14. The van der Waals surface area contributed by atoms with Gasteiger partial charge in [-0.3, -0.25) is 0 Å². The van der Waals surface area contributed by atoms with Crippen LogP contribution in [0, 0.1) is 0 Å². The van der Waals surface area contributed by atoms with Gasteiger partial charge in [-0.1, -0.05) is 29.8 Å². The SMILES string of the molecule is CC(C)c1cc(Br)ccc1Oc1ncc(Br)cc1Br. The molecule has 0 amide bonds. The molecule has 0 N–H and O–H groups in total. The van der Waals surface area contributed by atoms with Crippen LogP contribution in [0.2, 0.25) is 0 Å². The third kappa shape index (κ3) is 3.80. The fourth-order valence-corrected chi connectivity index (χ4v) is 3.09. The van der Waals surface area contributed by atoms with Gasteiger partial charge in [0.05, 0.1) is 4.47 Å². The van der Waals surface area contributed by atoms with Crippen molar-refractivity contribution >= 4 is 47.8 Å². The van der Waals surface area contributed by atoms with Gasteiger partial charge < -0.3 is 4.74 Å². The van der Waals surface area contributed by atoms with Gasteiger partial charge in [-0.2, -0.15) is 0 Å². The van der Waals surface area contributed by atoms with Crippen molar-refractivity contribution in [3.05, 3.63) is 49.4 Å². The summed E-state index contributed by atoms with van der Waals surface area (Å²) in [7, 11) is 0. The first-order valence-corrected chi connectivity index (χ1v) is 8.13. The van der Waals surface area contributed by atoms with E-state index in [1.54, 1.807) is 6.20 Å². The van der Waals surface area contributed by atoms with Crippen molar-refractivity contribution in [3.63, 3.8) is 0 Å². The second-order valence-corrected chi connectivity index (χ2v) is 7.07. The van der Waals surface area contributed by atoms with E-state index in [-0.39, 0.29) is 0 Å². The van der Waals surface area contributed by atoms with Gasteiger partial charge in [-0.05, 0) is 67.6 Å². The van der Waals surface area contributed by atoms with E-state index in [4.69, 9.17) is 4.74 Å². The Morgan fingerprint density at radius 1 is 1.05 bits per heavy atom. The molecule has 2 aromatic rings. The Labute approximate surface area is 138 Å². The summed E-state index contributed by atoms with van der Waals surface area (Å²) < 4.78 is 8.69. The monoisotopic (exact) mass is 447 g/mol. The van der Waals surface area contributed by atoms with Crippen LogP contribution >= 0.6 is 47.8 Å². The molecule has 0 bridgehead atoms. The van der Waals surface area contributed by atoms with Crippen LogP contribution in [0.1, 0.15) is 25.3 Å². The average Bonchev–Trinajstić information content (AvgIpc) is 2.34. The van der Waals surface area contributed by atoms with Crippen molar-refractivity contribution in [2.45, 2.75) is 19.8 Å². The normalized spacial score (nSPS) is 10.8. The third-order valence-corrected chi connectivity index (χ3v) is 4.07. The molecule has 0 unspecified atom stereocenters. The minimum absolute atomic E-state index is 0.377. The average molecular weight is 450 g/mol. The molecule has 1 aromatic heterocycles. The Morgan fingerprint density at radius 2 is 1.79 bits per heavy atom. The molecule has 1 aromatic carbocycles. The highest BCUT2D eigenvalue weighted by atomic mass is 79.9. The van der Waals surface area contributed by atoms with Gasteiger partial charge in [0.2, 0.25) is 5.88 Å². The molecule has 5 heteroatoms. The van der Waals surface area contributed by atoms with Crippen LogP contribution < -0.4 is 4.74 Å². The molecule has 0 aliphatic heterocycles. The Bertz CT molecular complexity index is 599. The highest BCUT2D eigenvalue weighted by molar-refractivity contribution is 9.11. The minimum atomic E-state index is 0.377. The Morgan fingerprint density at radius 3 is 2.42 bits per heavy atom. The molecule has 0 spiro atoms. The summed E-state index contributed by atoms with van der Waals surface area (Å²) in [5.41, 5.74) is 1.14. The summed E-state index contributed by atoms with van der Waals surface area (Å²) in [6.07, 6.45) is 1.72. The summed E-state index contributed by atoms with van der Waals surface area (Å²) in [5.74, 6) is 1.77. The number of hydrogen-bond acceptors (Lipinski definition) is 2. The fourth-order valence-electron chi connectivity index (χ4n) is 1.64. The Balaban J connectivity index is 2.38. The van der Waals surface area contributed by atoms with Crippen molar-refractivity contribution in [3.8, 4) is 11.6 Å². The van der Waals surface area contributed by atoms with Crippen LogP contribution in [0.3, 0.4) is 0 Å². The van der Waals surface area contributed by atoms with Gasteiger partial charge in [0, 0.05) is 15.1 Å². The van der Waals surface area contributed by atoms with Crippen LogP contribution in [0.5, 0.6) is 11.6 Å². The molecule has 19 heavy (non-hydrogen) atoms. The minimum Gasteiger partial charge on any atom is -0.438 e. The van der Waals surface area contributed by atoms with Crippen LogP contribution in [-0.2, 0) is 0 Å². The first-order valence-electron chi connectivity index (χ1n) is 5.75. The molecule has 2 rings (SSSR count). The summed E-state index contributed by atoms with van der Waals surface area (Å²) in [5, 5.41) is 0. The zero-order valence-electron chi connectivity index (χ0n) is 10.5. The molecular formula is C14H12Br3NO. The van der Waals surface area contributed by atoms with E-state index in [9.17, 15) is 0 Å². The highest BCUT2D eigenvalue weighted by Crippen LogP contribution is 2.35. The number of rotatable bonds is 3. The largest absolute Gasteiger partial charge is 0.438 e. The van der Waals surface area contributed by atoms with E-state index >= 15 is 0 Å². The van der Waals surface area contributed by atoms with Gasteiger partial charge in [0.25, 0.3) is 0 Å². The smallest absolute Gasteiger partial charge is 0.233 e. The topological polar surface area (TPSA) is 22.1 Å². The standard InChI is InChI=1S/C14H12Br3NO/c1-8(2)11-5-9(15)3-4-13(11)19-14-12(17)6-10(16)7-18-14/h3-8H,1-2H3. The maximum absolute atomic E-state index is 5.91. The summed E-state index contributed by atoms with van der Waals surface area (Å²) in [6, 6.07) is 7.91. The zero-order valence-corrected chi connectivity index (χ0v) is 15.2. The molecule has 0 aliphatic carbocycles. The lowest BCUT2D eigenvalue weighted by Crippen LogP contribution is -1.96. The maximum atomic E-state index is 5.91. The van der Waals surface area contributed by atoms with Gasteiger partial charge in [-0.25, -0.2) is 4.98 Å². The fraction of sp³-hybridized carbons (Fsp3) is 0.214. The molecule has 0 aliphatic rings. The number of nitrogens with zero attached hydrogens (tertiary/aromatic N) is 1. The molecule has 0 fully saturated rings. The Kier molecular flexibility index (Phi) is 5.03. The molecular weight excluding hydrogens is 438 g/mol. The van der Waals surface area contributed by atoms with Crippen molar-refractivity contribution < 1.29 is 4.74 Å². The summed E-state index contributed by atoms with van der Waals surface area (Å²) in [6.45, 7) is 4.28. The number of aromatic nitrogens is 1. The predicted octanol–water partition coefficient (Wildman–Crippen LogP) is 6.28. The van der Waals surface area contributed by atoms with E-state index in [0.29, 0.717) is 11.8 Å². The van der Waals surface area contributed by atoms with Gasteiger partial charge >= 0.3 is 0 Å². The van der Waals surface area contributed by atoms with Crippen LogP contribution in [0.25, 0.3) is 0 Å². The molecule has 0 saturated heterocycles. The van der Waals surface area contributed by atoms with Crippen LogP contribution in [0.15, 0.2) is 43.9 Å². The Hall–Kier alpha value is -0.390. The van der Waals surface area contributed by atoms with E-state index in [1.807, 2.05) is 18.2 Å². The number of ether oxygens (including phenoxy) is 1. The van der Waals surface area contributed by atoms with Crippen molar-refractivity contribution in [2.75, 3.05) is 0 Å². The number of halogens is 3. The van der Waals surface area contributed by atoms with E-state index in [1.165, 1.54) is 0 Å². The molecule has 0 atom stereocenters. The first-order chi connectivity index (χ1) is 8.97. The molecule has 0 radical (unpaired) electrons. The molecule has 0 saturated carbocycles. The number of hydrogen-bond donors (Lipinski definition) is 0. The van der Waals surface area contributed by atoms with Gasteiger partial charge in [0.1, 0.15) is 5.75 Å². The first kappa shape index (κ1) is 15.0. The lowest BCUT2D eigenvalue weighted by molar-refractivity contribution is 0.451. The molecule has 1 heterocycles. The van der Waals surface area contributed by atoms with E-state index in [2.05, 4.69) is 72.7 Å². The number of benzene rings is 1. The van der Waals surface area contributed by atoms with E-state index in [0.717, 1.165) is 24.7 Å². The van der Waals surface area contributed by atoms with Crippen molar-refractivity contribution in [2.24, 2.45) is 0 Å². The lowest BCUT2D eigenvalue weighted by atomic mass is 10.0. The second kappa shape index (κ2) is 6.37. The zero-order chi connectivity index (χ0) is 14.0. The summed E-state index contributed by atoms with van der Waals surface area (Å²) >= 11 is 10.3. The maximum Gasteiger partial charge on any atom is 0.233 e. The van der Waals surface area contributed by atoms with Gasteiger partial charge in [-0.15, -0.1) is 0 Å².